The lowest BCUT2D eigenvalue weighted by molar-refractivity contribution is -0.167. The molecule has 0 fully saturated rings. The van der Waals surface area contributed by atoms with Gasteiger partial charge in [-0.05, 0) is 77.0 Å². The molecule has 6 nitrogen and oxygen atoms in total. The molecule has 0 amide bonds. The number of esters is 3. The molecule has 0 spiro atoms. The maximum atomic E-state index is 12.9. The Bertz CT molecular complexity index is 1230. The van der Waals surface area contributed by atoms with E-state index in [0.717, 1.165) is 83.5 Å². The molecular weight excluding hydrogens is 841 g/mol. The summed E-state index contributed by atoms with van der Waals surface area (Å²) < 4.78 is 16.9. The molecule has 0 aliphatic carbocycles. The van der Waals surface area contributed by atoms with Crippen molar-refractivity contribution in [2.75, 3.05) is 13.2 Å². The van der Waals surface area contributed by atoms with Gasteiger partial charge < -0.3 is 14.2 Å². The smallest absolute Gasteiger partial charge is 0.306 e. The summed E-state index contributed by atoms with van der Waals surface area (Å²) in [4.78, 5) is 38.2. The first kappa shape index (κ1) is 65.1. The van der Waals surface area contributed by atoms with Crippen LogP contribution in [0.2, 0.25) is 0 Å². The van der Waals surface area contributed by atoms with Crippen LogP contribution >= 0.6 is 0 Å². The Morgan fingerprint density at radius 2 is 0.618 bits per heavy atom. The van der Waals surface area contributed by atoms with Crippen molar-refractivity contribution in [2.45, 2.75) is 303 Å². The maximum absolute atomic E-state index is 12.9. The van der Waals surface area contributed by atoms with Crippen LogP contribution in [0.5, 0.6) is 0 Å². The normalized spacial score (nSPS) is 12.5. The number of hydrogen-bond donors (Lipinski definition) is 0. The Kier molecular flexibility index (Phi) is 54.3. The van der Waals surface area contributed by atoms with Crippen molar-refractivity contribution < 1.29 is 28.6 Å². The second-order valence-electron chi connectivity index (χ2n) is 19.6. The van der Waals surface area contributed by atoms with Crippen LogP contribution < -0.4 is 0 Å². The van der Waals surface area contributed by atoms with E-state index in [0.29, 0.717) is 19.3 Å². The Morgan fingerprint density at radius 3 is 1.01 bits per heavy atom. The van der Waals surface area contributed by atoms with Crippen LogP contribution in [-0.2, 0) is 28.6 Å². The zero-order valence-corrected chi connectivity index (χ0v) is 45.1. The van der Waals surface area contributed by atoms with Gasteiger partial charge in [0.05, 0.1) is 0 Å². The van der Waals surface area contributed by atoms with E-state index in [1.54, 1.807) is 0 Å². The molecule has 394 valence electrons. The molecule has 0 radical (unpaired) electrons. The number of rotatable bonds is 53. The third kappa shape index (κ3) is 54.1. The lowest BCUT2D eigenvalue weighted by Gasteiger charge is -2.18. The fourth-order valence-corrected chi connectivity index (χ4v) is 8.39. The zero-order valence-electron chi connectivity index (χ0n) is 45.1. The highest BCUT2D eigenvalue weighted by Crippen LogP contribution is 2.16. The van der Waals surface area contributed by atoms with E-state index in [1.165, 1.54) is 173 Å². The van der Waals surface area contributed by atoms with Gasteiger partial charge in [0.25, 0.3) is 0 Å². The van der Waals surface area contributed by atoms with Gasteiger partial charge in [-0.1, -0.05) is 261 Å². The molecule has 1 atom stereocenters. The van der Waals surface area contributed by atoms with E-state index in [1.807, 2.05) is 0 Å². The topological polar surface area (TPSA) is 78.9 Å². The summed E-state index contributed by atoms with van der Waals surface area (Å²) in [7, 11) is 0. The molecule has 0 aliphatic heterocycles. The number of carbonyl (C=O) groups excluding carboxylic acids is 3. The molecule has 0 heterocycles. The van der Waals surface area contributed by atoms with Gasteiger partial charge >= 0.3 is 17.9 Å². The summed E-state index contributed by atoms with van der Waals surface area (Å²) in [6.07, 6.45) is 70.6. The summed E-state index contributed by atoms with van der Waals surface area (Å²) >= 11 is 0. The van der Waals surface area contributed by atoms with Crippen LogP contribution in [-0.4, -0.2) is 37.2 Å². The van der Waals surface area contributed by atoms with Gasteiger partial charge in [-0.15, -0.1) is 0 Å². The third-order valence-corrected chi connectivity index (χ3v) is 12.8. The first-order valence-corrected chi connectivity index (χ1v) is 29.3. The first-order valence-electron chi connectivity index (χ1n) is 29.3. The summed E-state index contributed by atoms with van der Waals surface area (Å²) in [6.45, 7) is 6.52. The van der Waals surface area contributed by atoms with Crippen LogP contribution in [0.3, 0.4) is 0 Å². The minimum atomic E-state index is -0.779. The van der Waals surface area contributed by atoms with Gasteiger partial charge in [0, 0.05) is 19.3 Å². The van der Waals surface area contributed by atoms with Gasteiger partial charge in [0.1, 0.15) is 13.2 Å². The Morgan fingerprint density at radius 1 is 0.324 bits per heavy atom. The van der Waals surface area contributed by atoms with Crippen molar-refractivity contribution in [2.24, 2.45) is 0 Å². The molecule has 0 saturated carbocycles. The molecular formula is C62H110O6. The first-order chi connectivity index (χ1) is 33.5. The van der Waals surface area contributed by atoms with E-state index >= 15 is 0 Å². The van der Waals surface area contributed by atoms with Gasteiger partial charge in [-0.3, -0.25) is 14.4 Å². The molecule has 0 aromatic heterocycles. The monoisotopic (exact) mass is 951 g/mol. The molecule has 6 heteroatoms. The van der Waals surface area contributed by atoms with E-state index in [-0.39, 0.29) is 31.1 Å². The van der Waals surface area contributed by atoms with E-state index in [9.17, 15) is 14.4 Å². The van der Waals surface area contributed by atoms with Gasteiger partial charge in [0.15, 0.2) is 6.10 Å². The highest BCUT2D eigenvalue weighted by Gasteiger charge is 2.19. The minimum Gasteiger partial charge on any atom is -0.462 e. The van der Waals surface area contributed by atoms with Crippen molar-refractivity contribution >= 4 is 17.9 Å². The van der Waals surface area contributed by atoms with Crippen LogP contribution in [0.15, 0.2) is 60.8 Å². The SMILES string of the molecule is CC/C=C\C/C=C\C/C=C\CCCCCCCCCCCC(=O)OCC(COC(=O)CCCCCCCC/C=C\C=C/CCCCC)OC(=O)CCCCCCCCCCCCCCCCCC. The van der Waals surface area contributed by atoms with Crippen LogP contribution in [0.4, 0.5) is 0 Å². The number of hydrogen-bond acceptors (Lipinski definition) is 6. The lowest BCUT2D eigenvalue weighted by Crippen LogP contribution is -2.30. The predicted molar refractivity (Wildman–Crippen MR) is 293 cm³/mol. The third-order valence-electron chi connectivity index (χ3n) is 12.8. The average molecular weight is 952 g/mol. The second-order valence-corrected chi connectivity index (χ2v) is 19.6. The van der Waals surface area contributed by atoms with E-state index in [2.05, 4.69) is 81.5 Å². The van der Waals surface area contributed by atoms with E-state index in [4.69, 9.17) is 14.2 Å². The fraction of sp³-hybridized carbons (Fsp3) is 0.790. The predicted octanol–water partition coefficient (Wildman–Crippen LogP) is 19.6. The van der Waals surface area contributed by atoms with Gasteiger partial charge in [0.2, 0.25) is 0 Å². The quantitative estimate of drug-likeness (QED) is 0.0199. The fourth-order valence-electron chi connectivity index (χ4n) is 8.39. The lowest BCUT2D eigenvalue weighted by atomic mass is 10.0. The Labute approximate surface area is 421 Å². The maximum Gasteiger partial charge on any atom is 0.306 e. The molecule has 68 heavy (non-hydrogen) atoms. The molecule has 0 bridgehead atoms. The minimum absolute atomic E-state index is 0.0783. The number of unbranched alkanes of at least 4 members (excludes halogenated alkanes) is 33. The highest BCUT2D eigenvalue weighted by molar-refractivity contribution is 5.71. The molecule has 0 aromatic rings. The average Bonchev–Trinajstić information content (AvgIpc) is 3.34. The van der Waals surface area contributed by atoms with Crippen LogP contribution in [0.25, 0.3) is 0 Å². The number of allylic oxidation sites excluding steroid dienone is 10. The van der Waals surface area contributed by atoms with Crippen molar-refractivity contribution in [3.05, 3.63) is 60.8 Å². The Hall–Kier alpha value is -2.89. The zero-order chi connectivity index (χ0) is 49.3. The highest BCUT2D eigenvalue weighted by atomic mass is 16.6. The van der Waals surface area contributed by atoms with Crippen LogP contribution in [0.1, 0.15) is 297 Å². The number of ether oxygens (including phenoxy) is 3. The number of carbonyl (C=O) groups is 3. The summed E-state index contributed by atoms with van der Waals surface area (Å²) in [5.41, 5.74) is 0. The Balaban J connectivity index is 4.37. The summed E-state index contributed by atoms with van der Waals surface area (Å²) in [5.74, 6) is -0.881. The molecule has 1 unspecified atom stereocenters. The van der Waals surface area contributed by atoms with Crippen molar-refractivity contribution in [3.8, 4) is 0 Å². The van der Waals surface area contributed by atoms with E-state index < -0.39 is 6.10 Å². The largest absolute Gasteiger partial charge is 0.462 e. The molecule has 0 aliphatic rings. The van der Waals surface area contributed by atoms with Crippen molar-refractivity contribution in [3.63, 3.8) is 0 Å². The second kappa shape index (κ2) is 56.7. The standard InChI is InChI=1S/C62H110O6/c1-4-7-10-13-16-19-22-25-28-30-31-32-35-37-40-43-46-49-52-55-61(64)67-58-59(57-66-60(63)54-51-48-45-42-39-36-33-27-24-21-18-15-12-9-6-3)68-62(65)56-53-50-47-44-41-38-34-29-26-23-20-17-14-11-8-5-2/h7,10,16,18-19,21,24-25,27-28,59H,4-6,8-9,11-15,17,20,22-23,26,29-58H2,1-3H3/b10-7-,19-16-,21-18-,27-24-,28-25-. The summed E-state index contributed by atoms with van der Waals surface area (Å²) in [6, 6.07) is 0. The van der Waals surface area contributed by atoms with Gasteiger partial charge in [-0.2, -0.15) is 0 Å². The molecule has 0 rings (SSSR count). The van der Waals surface area contributed by atoms with Gasteiger partial charge in [-0.25, -0.2) is 0 Å². The molecule has 0 N–H and O–H groups in total. The summed E-state index contributed by atoms with van der Waals surface area (Å²) in [5, 5.41) is 0. The van der Waals surface area contributed by atoms with Crippen molar-refractivity contribution in [1.29, 1.82) is 0 Å². The van der Waals surface area contributed by atoms with Crippen molar-refractivity contribution in [1.82, 2.24) is 0 Å². The molecule has 0 saturated heterocycles. The van der Waals surface area contributed by atoms with Crippen LogP contribution in [0, 0.1) is 0 Å². The molecule has 0 aromatic carbocycles.